The van der Waals surface area contributed by atoms with E-state index in [0.29, 0.717) is 13.2 Å². The van der Waals surface area contributed by atoms with Gasteiger partial charge in [0.2, 0.25) is 0 Å². The number of methoxy groups -OCH3 is 1. The predicted octanol–water partition coefficient (Wildman–Crippen LogP) is 3.23. The van der Waals surface area contributed by atoms with Crippen LogP contribution in [-0.2, 0) is 6.42 Å². The monoisotopic (exact) mass is 306 g/mol. The number of aromatic nitrogens is 1. The summed E-state index contributed by atoms with van der Waals surface area (Å²) >= 11 is 1.65. The summed E-state index contributed by atoms with van der Waals surface area (Å²) < 4.78 is 11.1. The van der Waals surface area contributed by atoms with Gasteiger partial charge < -0.3 is 15.2 Å². The molecule has 0 bridgehead atoms. The van der Waals surface area contributed by atoms with Gasteiger partial charge in [0.25, 0.3) is 0 Å². The normalized spacial score (nSPS) is 12.1. The Kier molecular flexibility index (Phi) is 6.02. The van der Waals surface area contributed by atoms with E-state index >= 15 is 0 Å². The lowest BCUT2D eigenvalue weighted by atomic mass is 9.99. The summed E-state index contributed by atoms with van der Waals surface area (Å²) in [7, 11) is 1.67. The van der Waals surface area contributed by atoms with E-state index in [0.717, 1.165) is 29.3 Å². The second kappa shape index (κ2) is 8.00. The lowest BCUT2D eigenvalue weighted by Gasteiger charge is -2.15. The van der Waals surface area contributed by atoms with Crippen LogP contribution in [0.2, 0.25) is 0 Å². The van der Waals surface area contributed by atoms with Crippen LogP contribution in [0, 0.1) is 0 Å². The molecule has 0 saturated carbocycles. The standard InChI is InChI=1S/C16H22N2O2S/c1-3-7-20-14-5-4-12(10-15(14)19-2)9-13(11-17)16-18-6-8-21-16/h4-6,8,10,13H,3,7,9,11,17H2,1-2H3. The summed E-state index contributed by atoms with van der Waals surface area (Å²) in [6.45, 7) is 3.37. The first kappa shape index (κ1) is 15.8. The van der Waals surface area contributed by atoms with Crippen LogP contribution in [-0.4, -0.2) is 25.2 Å². The van der Waals surface area contributed by atoms with E-state index in [-0.39, 0.29) is 5.92 Å². The van der Waals surface area contributed by atoms with Crippen molar-refractivity contribution in [3.05, 3.63) is 40.3 Å². The zero-order valence-corrected chi connectivity index (χ0v) is 13.4. The average Bonchev–Trinajstić information content (AvgIpc) is 3.05. The van der Waals surface area contributed by atoms with Crippen LogP contribution in [0.1, 0.15) is 29.8 Å². The SMILES string of the molecule is CCCOc1ccc(CC(CN)c2nccs2)cc1OC. The van der Waals surface area contributed by atoms with Crippen molar-refractivity contribution < 1.29 is 9.47 Å². The van der Waals surface area contributed by atoms with Gasteiger partial charge in [-0.25, -0.2) is 4.98 Å². The van der Waals surface area contributed by atoms with Crippen LogP contribution in [0.3, 0.4) is 0 Å². The lowest BCUT2D eigenvalue weighted by Crippen LogP contribution is -2.14. The molecule has 0 spiro atoms. The molecule has 4 nitrogen and oxygen atoms in total. The van der Waals surface area contributed by atoms with Crippen molar-refractivity contribution in [2.75, 3.05) is 20.3 Å². The second-order valence-corrected chi connectivity index (χ2v) is 5.77. The molecule has 1 atom stereocenters. The van der Waals surface area contributed by atoms with Gasteiger partial charge in [-0.2, -0.15) is 0 Å². The molecule has 0 amide bonds. The number of hydrogen-bond donors (Lipinski definition) is 1. The van der Waals surface area contributed by atoms with E-state index in [9.17, 15) is 0 Å². The highest BCUT2D eigenvalue weighted by Crippen LogP contribution is 2.30. The molecule has 0 saturated heterocycles. The number of benzene rings is 1. The molecule has 1 aromatic heterocycles. The van der Waals surface area contributed by atoms with Gasteiger partial charge in [0.15, 0.2) is 11.5 Å². The van der Waals surface area contributed by atoms with Gasteiger partial charge in [0.1, 0.15) is 0 Å². The summed E-state index contributed by atoms with van der Waals surface area (Å²) in [5.74, 6) is 1.81. The Hall–Kier alpha value is -1.59. The summed E-state index contributed by atoms with van der Waals surface area (Å²) in [5.41, 5.74) is 7.07. The molecule has 0 aliphatic heterocycles. The molecule has 114 valence electrons. The first-order valence-corrected chi connectivity index (χ1v) is 8.05. The fourth-order valence-corrected chi connectivity index (χ4v) is 2.92. The molecule has 1 aromatic carbocycles. The first-order valence-electron chi connectivity index (χ1n) is 7.17. The Labute approximate surface area is 129 Å². The van der Waals surface area contributed by atoms with Gasteiger partial charge in [-0.3, -0.25) is 0 Å². The molecular weight excluding hydrogens is 284 g/mol. The van der Waals surface area contributed by atoms with Crippen molar-refractivity contribution in [1.29, 1.82) is 0 Å². The maximum absolute atomic E-state index is 5.89. The lowest BCUT2D eigenvalue weighted by molar-refractivity contribution is 0.294. The highest BCUT2D eigenvalue weighted by atomic mass is 32.1. The molecule has 2 N–H and O–H groups in total. The first-order chi connectivity index (χ1) is 10.3. The zero-order chi connectivity index (χ0) is 15.1. The van der Waals surface area contributed by atoms with Gasteiger partial charge in [0.05, 0.1) is 18.7 Å². The molecule has 0 radical (unpaired) electrons. The smallest absolute Gasteiger partial charge is 0.161 e. The minimum atomic E-state index is 0.247. The summed E-state index contributed by atoms with van der Waals surface area (Å²) in [6.07, 6.45) is 3.66. The molecule has 5 heteroatoms. The third kappa shape index (κ3) is 4.19. The van der Waals surface area contributed by atoms with E-state index in [1.54, 1.807) is 18.4 Å². The van der Waals surface area contributed by atoms with Crippen LogP contribution in [0.15, 0.2) is 29.8 Å². The number of nitrogens with two attached hydrogens (primary N) is 1. The second-order valence-electron chi connectivity index (χ2n) is 4.84. The van der Waals surface area contributed by atoms with Crippen molar-refractivity contribution in [1.82, 2.24) is 4.98 Å². The van der Waals surface area contributed by atoms with E-state index in [2.05, 4.69) is 18.0 Å². The minimum absolute atomic E-state index is 0.247. The Morgan fingerprint density at radius 2 is 2.19 bits per heavy atom. The number of nitrogens with zero attached hydrogens (tertiary/aromatic N) is 1. The number of hydrogen-bond acceptors (Lipinski definition) is 5. The highest BCUT2D eigenvalue weighted by molar-refractivity contribution is 7.09. The molecule has 0 fully saturated rings. The van der Waals surface area contributed by atoms with Crippen molar-refractivity contribution in [2.24, 2.45) is 5.73 Å². The Balaban J connectivity index is 2.12. The molecule has 2 aromatic rings. The van der Waals surface area contributed by atoms with Gasteiger partial charge in [-0.15, -0.1) is 11.3 Å². The third-order valence-corrected chi connectivity index (χ3v) is 4.20. The van der Waals surface area contributed by atoms with Gasteiger partial charge >= 0.3 is 0 Å². The largest absolute Gasteiger partial charge is 0.493 e. The Morgan fingerprint density at radius 1 is 1.33 bits per heavy atom. The van der Waals surface area contributed by atoms with Crippen LogP contribution in [0.5, 0.6) is 11.5 Å². The number of thiazole rings is 1. The van der Waals surface area contributed by atoms with Crippen molar-refractivity contribution >= 4 is 11.3 Å². The molecule has 0 aliphatic carbocycles. The number of rotatable bonds is 8. The topological polar surface area (TPSA) is 57.4 Å². The summed E-state index contributed by atoms with van der Waals surface area (Å²) in [6, 6.07) is 6.07. The summed E-state index contributed by atoms with van der Waals surface area (Å²) in [4.78, 5) is 4.37. The van der Waals surface area contributed by atoms with E-state index < -0.39 is 0 Å². The quantitative estimate of drug-likeness (QED) is 0.813. The molecule has 1 heterocycles. The van der Waals surface area contributed by atoms with Gasteiger partial charge in [-0.1, -0.05) is 13.0 Å². The van der Waals surface area contributed by atoms with Crippen molar-refractivity contribution in [2.45, 2.75) is 25.7 Å². The predicted molar refractivity (Wildman–Crippen MR) is 86.4 cm³/mol. The molecule has 1 unspecified atom stereocenters. The van der Waals surface area contributed by atoms with Crippen LogP contribution in [0.4, 0.5) is 0 Å². The summed E-state index contributed by atoms with van der Waals surface area (Å²) in [5, 5.41) is 3.07. The van der Waals surface area contributed by atoms with E-state index in [4.69, 9.17) is 15.2 Å². The fraction of sp³-hybridized carbons (Fsp3) is 0.438. The molecule has 2 rings (SSSR count). The Bertz CT molecular complexity index is 543. The van der Waals surface area contributed by atoms with Gasteiger partial charge in [-0.05, 0) is 30.5 Å². The molecule has 21 heavy (non-hydrogen) atoms. The van der Waals surface area contributed by atoms with Gasteiger partial charge in [0, 0.05) is 24.0 Å². The fourth-order valence-electron chi connectivity index (χ4n) is 2.16. The maximum Gasteiger partial charge on any atom is 0.161 e. The maximum atomic E-state index is 5.89. The van der Waals surface area contributed by atoms with Crippen LogP contribution >= 0.6 is 11.3 Å². The number of ether oxygens (including phenoxy) is 2. The van der Waals surface area contributed by atoms with Crippen molar-refractivity contribution in [3.63, 3.8) is 0 Å². The molecule has 0 aliphatic rings. The van der Waals surface area contributed by atoms with Crippen LogP contribution in [0.25, 0.3) is 0 Å². The molecular formula is C16H22N2O2S. The van der Waals surface area contributed by atoms with Crippen molar-refractivity contribution in [3.8, 4) is 11.5 Å². The average molecular weight is 306 g/mol. The zero-order valence-electron chi connectivity index (χ0n) is 12.5. The third-order valence-electron chi connectivity index (χ3n) is 3.26. The van der Waals surface area contributed by atoms with E-state index in [1.807, 2.05) is 23.7 Å². The minimum Gasteiger partial charge on any atom is -0.493 e. The van der Waals surface area contributed by atoms with Crippen LogP contribution < -0.4 is 15.2 Å². The highest BCUT2D eigenvalue weighted by Gasteiger charge is 2.15. The Morgan fingerprint density at radius 3 is 2.81 bits per heavy atom. The van der Waals surface area contributed by atoms with E-state index in [1.165, 1.54) is 5.56 Å².